The summed E-state index contributed by atoms with van der Waals surface area (Å²) >= 11 is 0. The van der Waals surface area contributed by atoms with E-state index in [2.05, 4.69) is 47.2 Å². The van der Waals surface area contributed by atoms with E-state index < -0.39 is 0 Å². The highest BCUT2D eigenvalue weighted by Gasteiger charge is 2.21. The van der Waals surface area contributed by atoms with Gasteiger partial charge in [-0.05, 0) is 5.41 Å². The fourth-order valence-corrected chi connectivity index (χ4v) is 2.53. The highest BCUT2D eigenvalue weighted by molar-refractivity contribution is 4.91. The third-order valence-electron chi connectivity index (χ3n) is 3.45. The van der Waals surface area contributed by atoms with Gasteiger partial charge in [0.2, 0.25) is 0 Å². The average molecular weight is 250 g/mol. The van der Waals surface area contributed by atoms with Crippen LogP contribution in [0.2, 0.25) is 0 Å². The molecule has 0 unspecified atom stereocenters. The zero-order chi connectivity index (χ0) is 13.2. The van der Waals surface area contributed by atoms with Crippen LogP contribution in [-0.4, -0.2) is 52.1 Å². The fraction of sp³-hybridized carbons (Fsp3) is 0.786. The molecule has 0 aromatic carbocycles. The molecule has 102 valence electrons. The summed E-state index contributed by atoms with van der Waals surface area (Å²) < 4.78 is 2.11. The van der Waals surface area contributed by atoms with Gasteiger partial charge in [-0.1, -0.05) is 20.8 Å². The molecule has 4 nitrogen and oxygen atoms in total. The van der Waals surface area contributed by atoms with Crippen molar-refractivity contribution in [2.75, 3.05) is 32.7 Å². The topological polar surface area (TPSA) is 24.3 Å². The first-order valence-electron chi connectivity index (χ1n) is 6.85. The molecule has 0 bridgehead atoms. The van der Waals surface area contributed by atoms with Gasteiger partial charge in [-0.3, -0.25) is 4.90 Å². The summed E-state index contributed by atoms with van der Waals surface area (Å²) in [6.07, 6.45) is 3.90. The second-order valence-corrected chi connectivity index (χ2v) is 6.57. The number of nitrogens with zero attached hydrogens (tertiary/aromatic N) is 4. The SMILES string of the molecule is Cn1ccnc1CN1CCN(CC(C)(C)C)CC1. The summed E-state index contributed by atoms with van der Waals surface area (Å²) in [5.74, 6) is 1.17. The van der Waals surface area contributed by atoms with Crippen LogP contribution >= 0.6 is 0 Å². The molecule has 1 saturated heterocycles. The van der Waals surface area contributed by atoms with Crippen LogP contribution < -0.4 is 0 Å². The quantitative estimate of drug-likeness (QED) is 0.814. The van der Waals surface area contributed by atoms with Gasteiger partial charge in [-0.2, -0.15) is 0 Å². The number of hydrogen-bond donors (Lipinski definition) is 0. The molecule has 0 spiro atoms. The minimum Gasteiger partial charge on any atom is -0.337 e. The minimum atomic E-state index is 0.405. The Labute approximate surface area is 111 Å². The van der Waals surface area contributed by atoms with Crippen LogP contribution in [0.5, 0.6) is 0 Å². The summed E-state index contributed by atoms with van der Waals surface area (Å²) in [4.78, 5) is 9.48. The van der Waals surface area contributed by atoms with Crippen LogP contribution in [0.1, 0.15) is 26.6 Å². The number of aryl methyl sites for hydroxylation is 1. The predicted octanol–water partition coefficient (Wildman–Crippen LogP) is 1.58. The Balaban J connectivity index is 1.79. The second-order valence-electron chi connectivity index (χ2n) is 6.57. The van der Waals surface area contributed by atoms with Crippen molar-refractivity contribution in [3.8, 4) is 0 Å². The van der Waals surface area contributed by atoms with Crippen LogP contribution in [0.3, 0.4) is 0 Å². The first-order valence-corrected chi connectivity index (χ1v) is 6.85. The van der Waals surface area contributed by atoms with Gasteiger partial charge in [-0.25, -0.2) is 4.98 Å². The highest BCUT2D eigenvalue weighted by Crippen LogP contribution is 2.16. The van der Waals surface area contributed by atoms with Gasteiger partial charge in [0, 0.05) is 52.2 Å². The van der Waals surface area contributed by atoms with Crippen molar-refractivity contribution in [1.82, 2.24) is 19.4 Å². The van der Waals surface area contributed by atoms with Crippen molar-refractivity contribution in [1.29, 1.82) is 0 Å². The summed E-state index contributed by atoms with van der Waals surface area (Å²) in [6.45, 7) is 13.8. The molecule has 1 aliphatic heterocycles. The molecule has 1 aromatic heterocycles. The number of imidazole rings is 1. The third kappa shape index (κ3) is 3.82. The van der Waals surface area contributed by atoms with E-state index in [4.69, 9.17) is 0 Å². The Morgan fingerprint density at radius 3 is 2.22 bits per heavy atom. The molecule has 18 heavy (non-hydrogen) atoms. The Bertz CT molecular complexity index is 369. The van der Waals surface area contributed by atoms with Crippen LogP contribution in [0, 0.1) is 5.41 Å². The van der Waals surface area contributed by atoms with Crippen LogP contribution in [0.15, 0.2) is 12.4 Å². The van der Waals surface area contributed by atoms with E-state index >= 15 is 0 Å². The molecule has 0 aliphatic carbocycles. The third-order valence-corrected chi connectivity index (χ3v) is 3.45. The molecular formula is C14H26N4. The average Bonchev–Trinajstić information content (AvgIpc) is 2.65. The monoisotopic (exact) mass is 250 g/mol. The maximum atomic E-state index is 4.40. The standard InChI is InChI=1S/C14H26N4/c1-14(2,3)12-18-9-7-17(8-10-18)11-13-15-5-6-16(13)4/h5-6H,7-12H2,1-4H3. The molecule has 2 heterocycles. The van der Waals surface area contributed by atoms with Crippen molar-refractivity contribution < 1.29 is 0 Å². The van der Waals surface area contributed by atoms with E-state index in [0.717, 1.165) is 19.6 Å². The molecule has 0 amide bonds. The van der Waals surface area contributed by atoms with Crippen molar-refractivity contribution in [2.45, 2.75) is 27.3 Å². The molecule has 1 aliphatic rings. The Kier molecular flexibility index (Phi) is 4.07. The second kappa shape index (κ2) is 5.41. The predicted molar refractivity (Wildman–Crippen MR) is 74.4 cm³/mol. The van der Waals surface area contributed by atoms with Crippen LogP contribution in [-0.2, 0) is 13.6 Å². The van der Waals surface area contributed by atoms with Crippen molar-refractivity contribution in [3.05, 3.63) is 18.2 Å². The largest absolute Gasteiger partial charge is 0.337 e. The first kappa shape index (κ1) is 13.6. The number of rotatable bonds is 3. The zero-order valence-electron chi connectivity index (χ0n) is 12.2. The van der Waals surface area contributed by atoms with E-state index in [9.17, 15) is 0 Å². The van der Waals surface area contributed by atoms with Gasteiger partial charge < -0.3 is 9.47 Å². The lowest BCUT2D eigenvalue weighted by Gasteiger charge is -2.37. The molecule has 1 fully saturated rings. The molecule has 4 heteroatoms. The molecule has 0 N–H and O–H groups in total. The Morgan fingerprint density at radius 2 is 1.72 bits per heavy atom. The summed E-state index contributed by atoms with van der Waals surface area (Å²) in [5.41, 5.74) is 0.405. The van der Waals surface area contributed by atoms with Crippen molar-refractivity contribution >= 4 is 0 Å². The zero-order valence-corrected chi connectivity index (χ0v) is 12.2. The Hall–Kier alpha value is -0.870. The molecule has 0 radical (unpaired) electrons. The number of aromatic nitrogens is 2. The summed E-state index contributed by atoms with van der Waals surface area (Å²) in [5, 5.41) is 0. The van der Waals surface area contributed by atoms with E-state index in [1.54, 1.807) is 0 Å². The number of piperazine rings is 1. The lowest BCUT2D eigenvalue weighted by Crippen LogP contribution is -2.48. The van der Waals surface area contributed by atoms with E-state index in [1.807, 2.05) is 12.4 Å². The minimum absolute atomic E-state index is 0.405. The maximum absolute atomic E-state index is 4.40. The summed E-state index contributed by atoms with van der Waals surface area (Å²) in [6, 6.07) is 0. The van der Waals surface area contributed by atoms with Crippen molar-refractivity contribution in [3.63, 3.8) is 0 Å². The van der Waals surface area contributed by atoms with Gasteiger partial charge in [0.15, 0.2) is 0 Å². The van der Waals surface area contributed by atoms with Crippen LogP contribution in [0.25, 0.3) is 0 Å². The summed E-state index contributed by atoms with van der Waals surface area (Å²) in [7, 11) is 2.07. The first-order chi connectivity index (χ1) is 8.44. The van der Waals surface area contributed by atoms with E-state index in [-0.39, 0.29) is 0 Å². The van der Waals surface area contributed by atoms with Gasteiger partial charge >= 0.3 is 0 Å². The molecule has 2 rings (SSSR count). The maximum Gasteiger partial charge on any atom is 0.122 e. The number of hydrogen-bond acceptors (Lipinski definition) is 3. The molecule has 1 aromatic rings. The molecular weight excluding hydrogens is 224 g/mol. The van der Waals surface area contributed by atoms with E-state index in [0.29, 0.717) is 5.41 Å². The lowest BCUT2D eigenvalue weighted by molar-refractivity contribution is 0.0963. The Morgan fingerprint density at radius 1 is 1.11 bits per heavy atom. The molecule has 0 saturated carbocycles. The normalized spacial score (nSPS) is 19.3. The van der Waals surface area contributed by atoms with Gasteiger partial charge in [0.05, 0.1) is 6.54 Å². The van der Waals surface area contributed by atoms with Gasteiger partial charge in [0.25, 0.3) is 0 Å². The smallest absolute Gasteiger partial charge is 0.122 e. The fourth-order valence-electron chi connectivity index (χ4n) is 2.53. The molecule has 0 atom stereocenters. The van der Waals surface area contributed by atoms with Gasteiger partial charge in [-0.15, -0.1) is 0 Å². The highest BCUT2D eigenvalue weighted by atomic mass is 15.3. The van der Waals surface area contributed by atoms with Crippen molar-refractivity contribution in [2.24, 2.45) is 12.5 Å². The van der Waals surface area contributed by atoms with E-state index in [1.165, 1.54) is 25.5 Å². The van der Waals surface area contributed by atoms with Crippen LogP contribution in [0.4, 0.5) is 0 Å². The lowest BCUT2D eigenvalue weighted by atomic mass is 9.96. The van der Waals surface area contributed by atoms with Gasteiger partial charge in [0.1, 0.15) is 5.82 Å².